The first kappa shape index (κ1) is 85.6. The number of nitrogens with one attached hydrogen (secondary N) is 1. The minimum Gasteiger partial charge on any atom is -0.499 e. The summed E-state index contributed by atoms with van der Waals surface area (Å²) in [5.41, 5.74) is 2.23. The van der Waals surface area contributed by atoms with Crippen molar-refractivity contribution in [1.29, 1.82) is 0 Å². The summed E-state index contributed by atoms with van der Waals surface area (Å²) in [5, 5.41) is 13.0. The van der Waals surface area contributed by atoms with E-state index in [2.05, 4.69) is 52.6 Å². The van der Waals surface area contributed by atoms with E-state index in [4.69, 9.17) is 93.9 Å². The molecule has 4 aliphatic carbocycles. The monoisotopic (exact) mass is 1410 g/mol. The van der Waals surface area contributed by atoms with Crippen molar-refractivity contribution in [3.8, 4) is 0 Å². The Hall–Kier alpha value is -1.83. The van der Waals surface area contributed by atoms with E-state index >= 15 is 0 Å². The van der Waals surface area contributed by atoms with Crippen molar-refractivity contribution in [3.05, 3.63) is 24.5 Å². The van der Waals surface area contributed by atoms with Crippen molar-refractivity contribution in [1.82, 2.24) is 5.32 Å². The zero-order chi connectivity index (χ0) is 68.6. The first-order chi connectivity index (χ1) is 46.0. The number of allylic oxidation sites excluding steroid dienone is 1. The van der Waals surface area contributed by atoms with Crippen LogP contribution in [-0.4, -0.2) is 258 Å². The van der Waals surface area contributed by atoms with Crippen LogP contribution in [0.1, 0.15) is 112 Å². The molecule has 0 heterocycles. The lowest BCUT2D eigenvalue weighted by Gasteiger charge is -2.58. The van der Waals surface area contributed by atoms with E-state index in [1.807, 2.05) is 0 Å². The van der Waals surface area contributed by atoms with Crippen LogP contribution in [0.5, 0.6) is 0 Å². The average molecular weight is 1410 g/mol. The number of hydrogen-bond acceptors (Lipinski definition) is 24. The van der Waals surface area contributed by atoms with Gasteiger partial charge in [-0.3, -0.25) is 18.1 Å². The number of phosphoric ester groups is 2. The highest BCUT2D eigenvalue weighted by Crippen LogP contribution is 2.67. The van der Waals surface area contributed by atoms with E-state index in [1.54, 1.807) is 0 Å². The molecule has 11 atom stereocenters. The fraction of sp³-hybridized carbons (Fsp3) is 0.924. The van der Waals surface area contributed by atoms with E-state index < -0.39 is 28.4 Å². The molecule has 3 saturated carbocycles. The van der Waals surface area contributed by atoms with Crippen LogP contribution in [0.15, 0.2) is 24.5 Å². The molecule has 0 radical (unpaired) electrons. The Morgan fingerprint density at radius 1 is 0.537 bits per heavy atom. The lowest BCUT2D eigenvalue weighted by Crippen LogP contribution is -2.51. The fourth-order valence-electron chi connectivity index (χ4n) is 13.3. The van der Waals surface area contributed by atoms with Crippen LogP contribution in [-0.2, 0) is 103 Å². The molecule has 0 bridgehead atoms. The SMILES string of the molecule is C=COCCOCCOCCOCCOCCOCCOP(=O)(O)OCCOCCOCCOCCOCCOCCOP(=O)(O)OCC(O)COCCOCCOCCOCCCNC(=O)O[C@H]1CC[C@@]2(C)C(=CCC3C4CCC([C@H](C)CCCC(C)C)[C@@]4(C)CCC32)C1. The fourth-order valence-corrected chi connectivity index (χ4v) is 14.7. The highest BCUT2D eigenvalue weighted by molar-refractivity contribution is 7.47. The molecule has 0 spiro atoms. The van der Waals surface area contributed by atoms with E-state index in [9.17, 15) is 28.8 Å². The number of alkyl carbamates (subject to hydrolysis) is 1. The van der Waals surface area contributed by atoms with E-state index in [1.165, 1.54) is 63.2 Å². The summed E-state index contributed by atoms with van der Waals surface area (Å²) in [5.74, 6) is 4.84. The summed E-state index contributed by atoms with van der Waals surface area (Å²) in [6, 6.07) is 0. The smallest absolute Gasteiger partial charge is 0.472 e. The summed E-state index contributed by atoms with van der Waals surface area (Å²) in [6.45, 7) is 24.3. The van der Waals surface area contributed by atoms with Crippen molar-refractivity contribution >= 4 is 21.7 Å². The average Bonchev–Trinajstić information content (AvgIpc) is 1.70. The van der Waals surface area contributed by atoms with Crippen LogP contribution < -0.4 is 5.32 Å². The summed E-state index contributed by atoms with van der Waals surface area (Å²) in [6.07, 6.45) is 16.7. The van der Waals surface area contributed by atoms with Gasteiger partial charge in [-0.05, 0) is 97.7 Å². The Morgan fingerprint density at radius 2 is 0.968 bits per heavy atom. The van der Waals surface area contributed by atoms with Crippen LogP contribution >= 0.6 is 15.6 Å². The van der Waals surface area contributed by atoms with Crippen molar-refractivity contribution in [2.24, 2.45) is 46.3 Å². The molecule has 4 rings (SSSR count). The molecule has 0 saturated heterocycles. The third kappa shape index (κ3) is 38.1. The van der Waals surface area contributed by atoms with Gasteiger partial charge in [-0.25, -0.2) is 13.9 Å². The third-order valence-electron chi connectivity index (χ3n) is 18.0. The molecule has 1 amide bonds. The number of carbonyl (C=O) groups is 1. The minimum atomic E-state index is -4.43. The predicted octanol–water partition coefficient (Wildman–Crippen LogP) is 8.53. The van der Waals surface area contributed by atoms with E-state index in [-0.39, 0.29) is 110 Å². The van der Waals surface area contributed by atoms with Crippen LogP contribution in [0.3, 0.4) is 0 Å². The minimum absolute atomic E-state index is 0.0115. The molecule has 4 N–H and O–H groups in total. The van der Waals surface area contributed by atoms with Gasteiger partial charge in [0.25, 0.3) is 0 Å². The molecule has 27 nitrogen and oxygen atoms in total. The van der Waals surface area contributed by atoms with Crippen LogP contribution in [0, 0.1) is 46.3 Å². The molecule has 0 aliphatic heterocycles. The van der Waals surface area contributed by atoms with Gasteiger partial charge >= 0.3 is 21.7 Å². The molecule has 29 heteroatoms. The van der Waals surface area contributed by atoms with Crippen molar-refractivity contribution in [2.75, 3.05) is 225 Å². The van der Waals surface area contributed by atoms with Crippen LogP contribution in [0.25, 0.3) is 0 Å². The Kier molecular flexibility index (Phi) is 47.0. The topological polar surface area (TPSA) is 309 Å². The first-order valence-corrected chi connectivity index (χ1v) is 37.9. The second-order valence-corrected chi connectivity index (χ2v) is 28.2. The second-order valence-electron chi connectivity index (χ2n) is 25.3. The van der Waals surface area contributed by atoms with Gasteiger partial charge in [-0.1, -0.05) is 72.1 Å². The maximum absolute atomic E-state index is 12.8. The standard InChI is InChI=1S/C66H123NO26P2/c1-7-74-22-23-76-26-27-78-28-29-79-30-33-81-38-41-85-46-49-89-94(70,71)90-50-47-86-42-39-82-34-31-80-32-35-83-40-43-87-48-51-91-95(72,73)92-54-58(68)53-88-45-44-84-37-36-77-25-24-75-21-9-20-67-64(69)93-59-16-18-65(5)57(52-59)12-13-60-62-15-14-61(56(4)11-8-10-55(2)3)66(62,6)19-17-63(60)65/h7,12,55-56,58-63,68H,1,8-11,13-54H2,2-6H3,(H,67,69)(H,70,71)(H,72,73)/t56-,58?,59+,60?,61?,62?,63?,65+,66-/m1/s1. The quantitative estimate of drug-likeness (QED) is 0.0192. The molecular formula is C66H123NO26P2. The normalized spacial score (nSPS) is 23.7. The Labute approximate surface area is 567 Å². The number of ether oxygens (including phenoxy) is 16. The number of aliphatic hydroxyl groups is 1. The number of hydrogen-bond donors (Lipinski definition) is 4. The zero-order valence-electron chi connectivity index (χ0n) is 58.1. The highest BCUT2D eigenvalue weighted by Gasteiger charge is 2.59. The van der Waals surface area contributed by atoms with Gasteiger partial charge in [0.15, 0.2) is 0 Å². The number of fused-ring (bicyclic) bond motifs is 5. The lowest BCUT2D eigenvalue weighted by atomic mass is 9.47. The van der Waals surface area contributed by atoms with Crippen molar-refractivity contribution in [2.45, 2.75) is 124 Å². The number of aliphatic hydroxyl groups excluding tert-OH is 1. The highest BCUT2D eigenvalue weighted by atomic mass is 31.2. The molecule has 0 aromatic carbocycles. The second kappa shape index (κ2) is 52.2. The van der Waals surface area contributed by atoms with Gasteiger partial charge in [0, 0.05) is 19.6 Å². The molecule has 0 aromatic heterocycles. The van der Waals surface area contributed by atoms with E-state index in [0.717, 1.165) is 54.8 Å². The molecule has 558 valence electrons. The predicted molar refractivity (Wildman–Crippen MR) is 353 cm³/mol. The van der Waals surface area contributed by atoms with E-state index in [0.29, 0.717) is 137 Å². The number of rotatable bonds is 64. The van der Waals surface area contributed by atoms with Crippen LogP contribution in [0.4, 0.5) is 4.79 Å². The number of phosphoric acid groups is 2. The molecule has 4 aliphatic rings. The summed E-state index contributed by atoms with van der Waals surface area (Å²) >= 11 is 0. The summed E-state index contributed by atoms with van der Waals surface area (Å²) in [4.78, 5) is 32.5. The Bertz CT molecular complexity index is 2070. The molecule has 0 aromatic rings. The molecule has 95 heavy (non-hydrogen) atoms. The van der Waals surface area contributed by atoms with Gasteiger partial charge in [-0.2, -0.15) is 0 Å². The summed E-state index contributed by atoms with van der Waals surface area (Å²) < 4.78 is 131. The Morgan fingerprint density at radius 3 is 1.43 bits per heavy atom. The van der Waals surface area contributed by atoms with Crippen molar-refractivity contribution in [3.63, 3.8) is 0 Å². The third-order valence-corrected chi connectivity index (χ3v) is 20.0. The van der Waals surface area contributed by atoms with Gasteiger partial charge in [-0.15, -0.1) is 0 Å². The molecule has 3 fully saturated rings. The largest absolute Gasteiger partial charge is 0.499 e. The maximum atomic E-state index is 12.8. The van der Waals surface area contributed by atoms with Gasteiger partial charge in [0.2, 0.25) is 0 Å². The summed E-state index contributed by atoms with van der Waals surface area (Å²) in [7, 11) is -8.68. The first-order valence-electron chi connectivity index (χ1n) is 34.9. The zero-order valence-corrected chi connectivity index (χ0v) is 59.9. The molecule has 7 unspecified atom stereocenters. The molecular weight excluding hydrogens is 1280 g/mol. The Balaban J connectivity index is 0.812. The number of carbonyl (C=O) groups excluding carboxylic acids is 1. The van der Waals surface area contributed by atoms with Crippen LogP contribution in [0.2, 0.25) is 0 Å². The maximum Gasteiger partial charge on any atom is 0.472 e. The van der Waals surface area contributed by atoms with Crippen molar-refractivity contribution < 1.29 is 123 Å². The van der Waals surface area contributed by atoms with Gasteiger partial charge in [0.05, 0.1) is 211 Å². The number of amides is 1. The lowest BCUT2D eigenvalue weighted by molar-refractivity contribution is -0.0581. The van der Waals surface area contributed by atoms with Gasteiger partial charge in [0.1, 0.15) is 18.8 Å². The van der Waals surface area contributed by atoms with Gasteiger partial charge < -0.3 is 96.0 Å².